The van der Waals surface area contributed by atoms with Crippen LogP contribution in [-0.2, 0) is 9.59 Å². The van der Waals surface area contributed by atoms with Gasteiger partial charge in [0.05, 0.1) is 35.5 Å². The van der Waals surface area contributed by atoms with Gasteiger partial charge in [0.2, 0.25) is 0 Å². The number of anilines is 1. The quantitative estimate of drug-likeness (QED) is 0.113. The van der Waals surface area contributed by atoms with Crippen LogP contribution in [0.5, 0.6) is 17.2 Å². The third-order valence-electron chi connectivity index (χ3n) is 6.50. The van der Waals surface area contributed by atoms with Crippen molar-refractivity contribution in [2.75, 3.05) is 25.2 Å². The second-order valence-corrected chi connectivity index (χ2v) is 10.1. The molecule has 8 nitrogen and oxygen atoms in total. The lowest BCUT2D eigenvalue weighted by molar-refractivity contribution is -0.132. The van der Waals surface area contributed by atoms with Gasteiger partial charge in [-0.1, -0.05) is 59.9 Å². The summed E-state index contributed by atoms with van der Waals surface area (Å²) in [6.07, 6.45) is 1.63. The zero-order chi connectivity index (χ0) is 28.4. The number of ether oxygens (including phenoxy) is 3. The molecule has 1 amide bonds. The minimum absolute atomic E-state index is 0.0344. The molecule has 0 saturated carbocycles. The van der Waals surface area contributed by atoms with E-state index in [0.717, 1.165) is 10.3 Å². The number of aliphatic hydroxyl groups is 1. The number of benzene rings is 3. The van der Waals surface area contributed by atoms with Crippen LogP contribution in [0, 0.1) is 6.92 Å². The average Bonchev–Trinajstić information content (AvgIpc) is 3.49. The standard InChI is InChI=1S/C31H28N2O6S/c1-5-15-39-23-14-11-20(16-24(23)38-6-2)27-26(28(34)19-9-7-18(3)8-10-19)29(35)30(36)33(27)31-32-22-13-12-21(37-4)17-25(22)40-31/h5,7-14,16-17,27,34H,1,6,15H2,2-4H3/b28-26+. The highest BCUT2D eigenvalue weighted by Gasteiger charge is 2.48. The Morgan fingerprint density at radius 3 is 2.55 bits per heavy atom. The molecule has 2 heterocycles. The van der Waals surface area contributed by atoms with Gasteiger partial charge in [0, 0.05) is 5.56 Å². The van der Waals surface area contributed by atoms with E-state index in [2.05, 4.69) is 11.6 Å². The van der Waals surface area contributed by atoms with Crippen molar-refractivity contribution in [2.24, 2.45) is 0 Å². The molecule has 0 aliphatic carbocycles. The van der Waals surface area contributed by atoms with Crippen LogP contribution in [0.4, 0.5) is 5.13 Å². The number of nitrogens with zero attached hydrogens (tertiary/aromatic N) is 2. The Morgan fingerprint density at radius 2 is 1.85 bits per heavy atom. The highest BCUT2D eigenvalue weighted by molar-refractivity contribution is 7.22. The fourth-order valence-electron chi connectivity index (χ4n) is 4.57. The van der Waals surface area contributed by atoms with Crippen molar-refractivity contribution in [3.63, 3.8) is 0 Å². The molecular formula is C31H28N2O6S. The molecule has 1 aliphatic heterocycles. The Balaban J connectivity index is 1.71. The van der Waals surface area contributed by atoms with E-state index in [1.165, 1.54) is 16.2 Å². The molecule has 0 bridgehead atoms. The summed E-state index contributed by atoms with van der Waals surface area (Å²) in [6, 6.07) is 16.8. The molecule has 1 atom stereocenters. The number of aryl methyl sites for hydroxylation is 1. The Morgan fingerprint density at radius 1 is 1.07 bits per heavy atom. The molecular weight excluding hydrogens is 528 g/mol. The monoisotopic (exact) mass is 556 g/mol. The SMILES string of the molecule is C=CCOc1ccc(C2/C(=C(\O)c3ccc(C)cc3)C(=O)C(=O)N2c2nc3ccc(OC)cc3s2)cc1OCC. The molecule has 204 valence electrons. The molecule has 0 radical (unpaired) electrons. The molecule has 1 fully saturated rings. The number of aliphatic hydroxyl groups excluding tert-OH is 1. The van der Waals surface area contributed by atoms with E-state index in [1.54, 1.807) is 55.7 Å². The number of thiazole rings is 1. The summed E-state index contributed by atoms with van der Waals surface area (Å²) in [5.74, 6) is -0.264. The number of Topliss-reactive ketones (excluding diaryl/α,β-unsaturated/α-hetero) is 1. The molecule has 0 spiro atoms. The van der Waals surface area contributed by atoms with Gasteiger partial charge in [-0.2, -0.15) is 0 Å². The highest BCUT2D eigenvalue weighted by atomic mass is 32.1. The van der Waals surface area contributed by atoms with Crippen LogP contribution in [0.2, 0.25) is 0 Å². The second-order valence-electron chi connectivity index (χ2n) is 9.10. The van der Waals surface area contributed by atoms with E-state index in [4.69, 9.17) is 14.2 Å². The van der Waals surface area contributed by atoms with Gasteiger partial charge in [-0.15, -0.1) is 0 Å². The van der Waals surface area contributed by atoms with Crippen molar-refractivity contribution in [3.8, 4) is 17.2 Å². The predicted molar refractivity (Wildman–Crippen MR) is 155 cm³/mol. The summed E-state index contributed by atoms with van der Waals surface area (Å²) in [6.45, 7) is 8.12. The van der Waals surface area contributed by atoms with E-state index in [-0.39, 0.29) is 17.9 Å². The number of hydrogen-bond donors (Lipinski definition) is 1. The van der Waals surface area contributed by atoms with Crippen molar-refractivity contribution < 1.29 is 28.9 Å². The first kappa shape index (κ1) is 27.0. The number of methoxy groups -OCH3 is 1. The van der Waals surface area contributed by atoms with Crippen LogP contribution in [0.25, 0.3) is 16.0 Å². The summed E-state index contributed by atoms with van der Waals surface area (Å²) in [7, 11) is 1.57. The van der Waals surface area contributed by atoms with Crippen LogP contribution in [0.3, 0.4) is 0 Å². The average molecular weight is 557 g/mol. The van der Waals surface area contributed by atoms with Crippen LogP contribution in [0.15, 0.2) is 78.9 Å². The minimum Gasteiger partial charge on any atom is -0.507 e. The number of amides is 1. The Bertz CT molecular complexity index is 1640. The van der Waals surface area contributed by atoms with Gasteiger partial charge in [0.15, 0.2) is 16.6 Å². The zero-order valence-electron chi connectivity index (χ0n) is 22.3. The van der Waals surface area contributed by atoms with Crippen molar-refractivity contribution in [2.45, 2.75) is 19.9 Å². The van der Waals surface area contributed by atoms with Gasteiger partial charge < -0.3 is 19.3 Å². The van der Waals surface area contributed by atoms with E-state index in [0.29, 0.717) is 45.6 Å². The predicted octanol–water partition coefficient (Wildman–Crippen LogP) is 6.20. The molecule has 1 aromatic heterocycles. The number of carbonyl (C=O) groups is 2. The third kappa shape index (κ3) is 4.91. The number of hydrogen-bond acceptors (Lipinski definition) is 8. The number of rotatable bonds is 9. The normalized spacial score (nSPS) is 16.4. The summed E-state index contributed by atoms with van der Waals surface area (Å²) >= 11 is 1.26. The summed E-state index contributed by atoms with van der Waals surface area (Å²) in [4.78, 5) is 33.2. The summed E-state index contributed by atoms with van der Waals surface area (Å²) in [5.41, 5.74) is 2.60. The van der Waals surface area contributed by atoms with Crippen LogP contribution in [0.1, 0.15) is 29.7 Å². The van der Waals surface area contributed by atoms with Gasteiger partial charge in [0.25, 0.3) is 5.78 Å². The number of ketones is 1. The zero-order valence-corrected chi connectivity index (χ0v) is 23.2. The van der Waals surface area contributed by atoms with E-state index in [9.17, 15) is 14.7 Å². The molecule has 40 heavy (non-hydrogen) atoms. The van der Waals surface area contributed by atoms with Crippen molar-refractivity contribution in [1.82, 2.24) is 4.98 Å². The molecule has 1 saturated heterocycles. The van der Waals surface area contributed by atoms with Crippen LogP contribution >= 0.6 is 11.3 Å². The second kappa shape index (κ2) is 11.2. The fourth-order valence-corrected chi connectivity index (χ4v) is 5.59. The van der Waals surface area contributed by atoms with E-state index in [1.807, 2.05) is 32.0 Å². The van der Waals surface area contributed by atoms with Crippen LogP contribution in [-0.4, -0.2) is 42.1 Å². The molecule has 1 unspecified atom stereocenters. The molecule has 1 N–H and O–H groups in total. The lowest BCUT2D eigenvalue weighted by atomic mass is 9.95. The number of aromatic nitrogens is 1. The molecule has 3 aromatic carbocycles. The third-order valence-corrected chi connectivity index (χ3v) is 7.52. The topological polar surface area (TPSA) is 98.2 Å². The highest BCUT2D eigenvalue weighted by Crippen LogP contribution is 2.46. The number of carbonyl (C=O) groups excluding carboxylic acids is 2. The molecule has 9 heteroatoms. The lowest BCUT2D eigenvalue weighted by Crippen LogP contribution is -2.29. The smallest absolute Gasteiger partial charge is 0.301 e. The largest absolute Gasteiger partial charge is 0.507 e. The molecule has 5 rings (SSSR count). The van der Waals surface area contributed by atoms with Crippen molar-refractivity contribution in [1.29, 1.82) is 0 Å². The Kier molecular flexibility index (Phi) is 7.57. The first-order chi connectivity index (χ1) is 19.4. The van der Waals surface area contributed by atoms with Crippen molar-refractivity contribution in [3.05, 3.63) is 95.6 Å². The maximum absolute atomic E-state index is 13.6. The maximum Gasteiger partial charge on any atom is 0.301 e. The first-order valence-corrected chi connectivity index (χ1v) is 13.5. The van der Waals surface area contributed by atoms with Crippen LogP contribution < -0.4 is 19.1 Å². The van der Waals surface area contributed by atoms with Crippen molar-refractivity contribution >= 4 is 44.1 Å². The number of fused-ring (bicyclic) bond motifs is 1. The van der Waals surface area contributed by atoms with Gasteiger partial charge in [-0.25, -0.2) is 4.98 Å². The summed E-state index contributed by atoms with van der Waals surface area (Å²) < 4.78 is 17.7. The lowest BCUT2D eigenvalue weighted by Gasteiger charge is -2.24. The minimum atomic E-state index is -0.962. The molecule has 1 aliphatic rings. The molecule has 4 aromatic rings. The van der Waals surface area contributed by atoms with Gasteiger partial charge in [0.1, 0.15) is 18.1 Å². The summed E-state index contributed by atoms with van der Waals surface area (Å²) in [5, 5.41) is 11.7. The van der Waals surface area contributed by atoms with Gasteiger partial charge >= 0.3 is 5.91 Å². The van der Waals surface area contributed by atoms with Gasteiger partial charge in [-0.3, -0.25) is 14.5 Å². The maximum atomic E-state index is 13.6. The fraction of sp³-hybridized carbons (Fsp3) is 0.194. The first-order valence-electron chi connectivity index (χ1n) is 12.7. The van der Waals surface area contributed by atoms with Gasteiger partial charge in [-0.05, 0) is 49.7 Å². The Hall–Kier alpha value is -4.63. The van der Waals surface area contributed by atoms with E-state index >= 15 is 0 Å². The van der Waals surface area contributed by atoms with E-state index < -0.39 is 17.7 Å². The Labute approximate surface area is 235 Å².